The van der Waals surface area contributed by atoms with Gasteiger partial charge in [0, 0.05) is 23.2 Å². The zero-order chi connectivity index (χ0) is 17.8. The molecule has 1 aliphatic rings. The fourth-order valence-electron chi connectivity index (χ4n) is 2.35. The van der Waals surface area contributed by atoms with Gasteiger partial charge in [0.2, 0.25) is 0 Å². The van der Waals surface area contributed by atoms with Gasteiger partial charge in [-0.1, -0.05) is 12.1 Å². The quantitative estimate of drug-likeness (QED) is 0.722. The molecule has 0 bridgehead atoms. The molecule has 25 heavy (non-hydrogen) atoms. The average Bonchev–Trinajstić information content (AvgIpc) is 2.60. The fraction of sp³-hybridized carbons (Fsp3) is 0.235. The average molecular weight is 411 g/mol. The van der Waals surface area contributed by atoms with E-state index in [0.717, 1.165) is 0 Å². The van der Waals surface area contributed by atoms with Crippen LogP contribution in [0.5, 0.6) is 11.5 Å². The van der Waals surface area contributed by atoms with Crippen molar-refractivity contribution in [3.63, 3.8) is 0 Å². The summed E-state index contributed by atoms with van der Waals surface area (Å²) in [6.45, 7) is 0.863. The molecule has 1 heterocycles. The number of halogens is 2. The number of aliphatic hydroxyl groups excluding tert-OH is 1. The maximum atomic E-state index is 13.2. The highest BCUT2D eigenvalue weighted by atomic mass is 79.9. The summed E-state index contributed by atoms with van der Waals surface area (Å²) in [6.07, 6.45) is -1.01. The molecular weight excluding hydrogens is 395 g/mol. The lowest BCUT2D eigenvalue weighted by molar-refractivity contribution is 0.171. The van der Waals surface area contributed by atoms with Gasteiger partial charge >= 0.3 is 6.03 Å². The van der Waals surface area contributed by atoms with E-state index in [-0.39, 0.29) is 6.54 Å². The predicted octanol–water partition coefficient (Wildman–Crippen LogP) is 3.21. The first-order chi connectivity index (χ1) is 12.0. The summed E-state index contributed by atoms with van der Waals surface area (Å²) in [6, 6.07) is 8.46. The molecular formula is C17H16BrFN2O4. The molecule has 0 aliphatic carbocycles. The summed E-state index contributed by atoms with van der Waals surface area (Å²) in [4.78, 5) is 12.0. The lowest BCUT2D eigenvalue weighted by atomic mass is 10.1. The van der Waals surface area contributed by atoms with Crippen molar-refractivity contribution in [1.82, 2.24) is 5.32 Å². The number of carbonyl (C=O) groups excluding carboxylic acids is 1. The molecule has 8 heteroatoms. The summed E-state index contributed by atoms with van der Waals surface area (Å²) >= 11 is 3.36. The second kappa shape index (κ2) is 7.71. The van der Waals surface area contributed by atoms with Gasteiger partial charge in [-0.3, -0.25) is 0 Å². The number of amides is 2. The van der Waals surface area contributed by atoms with Crippen LogP contribution < -0.4 is 20.1 Å². The molecule has 3 rings (SSSR count). The lowest BCUT2D eigenvalue weighted by Gasteiger charge is -2.20. The molecule has 0 fully saturated rings. The number of urea groups is 1. The number of fused-ring (bicyclic) bond motifs is 1. The third kappa shape index (κ3) is 4.40. The van der Waals surface area contributed by atoms with E-state index >= 15 is 0 Å². The molecule has 0 saturated heterocycles. The Kier molecular flexibility index (Phi) is 5.40. The lowest BCUT2D eigenvalue weighted by Crippen LogP contribution is -2.32. The molecule has 2 amide bonds. The Morgan fingerprint density at radius 1 is 1.24 bits per heavy atom. The molecule has 6 nitrogen and oxygen atoms in total. The normalized spacial score (nSPS) is 13.9. The van der Waals surface area contributed by atoms with E-state index in [1.54, 1.807) is 18.2 Å². The van der Waals surface area contributed by atoms with Crippen LogP contribution in [-0.2, 0) is 0 Å². The number of anilines is 1. The van der Waals surface area contributed by atoms with Gasteiger partial charge in [0.25, 0.3) is 0 Å². The smallest absolute Gasteiger partial charge is 0.319 e. The minimum atomic E-state index is -1.01. The van der Waals surface area contributed by atoms with Gasteiger partial charge in [0.1, 0.15) is 19.0 Å². The largest absolute Gasteiger partial charge is 0.486 e. The Morgan fingerprint density at radius 2 is 1.96 bits per heavy atom. The minimum Gasteiger partial charge on any atom is -0.486 e. The Bertz CT molecular complexity index is 787. The first-order valence-electron chi connectivity index (χ1n) is 7.60. The molecule has 0 radical (unpaired) electrons. The van der Waals surface area contributed by atoms with E-state index in [0.29, 0.717) is 40.4 Å². The SMILES string of the molecule is O=C(NCC(O)c1cccc(F)c1)Nc1cc2c(cc1Br)OCCO2. The third-order valence-corrected chi connectivity index (χ3v) is 4.23. The van der Waals surface area contributed by atoms with Crippen LogP contribution in [0.4, 0.5) is 14.9 Å². The monoisotopic (exact) mass is 410 g/mol. The first-order valence-corrected chi connectivity index (χ1v) is 8.40. The van der Waals surface area contributed by atoms with Crippen molar-refractivity contribution in [2.75, 3.05) is 25.1 Å². The zero-order valence-electron chi connectivity index (χ0n) is 13.1. The summed E-state index contributed by atoms with van der Waals surface area (Å²) in [5.74, 6) is 0.705. The number of ether oxygens (including phenoxy) is 2. The minimum absolute atomic E-state index is 0.0581. The second-order valence-electron chi connectivity index (χ2n) is 5.38. The topological polar surface area (TPSA) is 79.8 Å². The van der Waals surface area contributed by atoms with Crippen molar-refractivity contribution in [1.29, 1.82) is 0 Å². The van der Waals surface area contributed by atoms with Crippen molar-refractivity contribution in [2.45, 2.75) is 6.10 Å². The third-order valence-electron chi connectivity index (χ3n) is 3.57. The van der Waals surface area contributed by atoms with Crippen LogP contribution >= 0.6 is 15.9 Å². The standard InChI is InChI=1S/C17H16BrFN2O4/c18-12-7-15-16(25-5-4-24-15)8-13(12)21-17(23)20-9-14(22)10-2-1-3-11(19)6-10/h1-3,6-8,14,22H,4-5,9H2,(H2,20,21,23). The number of carbonyl (C=O) groups is 1. The molecule has 0 saturated carbocycles. The van der Waals surface area contributed by atoms with Crippen molar-refractivity contribution >= 4 is 27.6 Å². The number of aliphatic hydroxyl groups is 1. The second-order valence-corrected chi connectivity index (χ2v) is 6.24. The van der Waals surface area contributed by atoms with Crippen LogP contribution in [-0.4, -0.2) is 30.9 Å². The van der Waals surface area contributed by atoms with Gasteiger partial charge < -0.3 is 25.2 Å². The maximum Gasteiger partial charge on any atom is 0.319 e. The zero-order valence-corrected chi connectivity index (χ0v) is 14.7. The Morgan fingerprint density at radius 3 is 2.68 bits per heavy atom. The van der Waals surface area contributed by atoms with E-state index in [2.05, 4.69) is 26.6 Å². The first kappa shape index (κ1) is 17.5. The van der Waals surface area contributed by atoms with Gasteiger partial charge in [-0.15, -0.1) is 0 Å². The number of rotatable bonds is 4. The predicted molar refractivity (Wildman–Crippen MR) is 93.5 cm³/mol. The molecule has 2 aromatic carbocycles. The van der Waals surface area contributed by atoms with Crippen LogP contribution in [0, 0.1) is 5.82 Å². The van der Waals surface area contributed by atoms with Crippen LogP contribution in [0.3, 0.4) is 0 Å². The molecule has 1 atom stereocenters. The Hall–Kier alpha value is -2.32. The van der Waals surface area contributed by atoms with E-state index in [4.69, 9.17) is 9.47 Å². The van der Waals surface area contributed by atoms with Crippen molar-refractivity contribution < 1.29 is 23.8 Å². The summed E-state index contributed by atoms with van der Waals surface area (Å²) in [5.41, 5.74) is 0.891. The van der Waals surface area contributed by atoms with Crippen LogP contribution in [0.2, 0.25) is 0 Å². The summed E-state index contributed by atoms with van der Waals surface area (Å²) in [7, 11) is 0. The van der Waals surface area contributed by atoms with Crippen LogP contribution in [0.15, 0.2) is 40.9 Å². The molecule has 0 spiro atoms. The maximum absolute atomic E-state index is 13.2. The van der Waals surface area contributed by atoms with Crippen molar-refractivity contribution in [3.8, 4) is 11.5 Å². The number of nitrogens with one attached hydrogen (secondary N) is 2. The van der Waals surface area contributed by atoms with Gasteiger partial charge in [-0.05, 0) is 33.6 Å². The molecule has 2 aromatic rings. The summed E-state index contributed by atoms with van der Waals surface area (Å²) < 4.78 is 24.7. The fourth-order valence-corrected chi connectivity index (χ4v) is 2.77. The molecule has 3 N–H and O–H groups in total. The van der Waals surface area contributed by atoms with E-state index in [1.807, 2.05) is 0 Å². The summed E-state index contributed by atoms with van der Waals surface area (Å²) in [5, 5.41) is 15.2. The van der Waals surface area contributed by atoms with Gasteiger partial charge in [0.05, 0.1) is 11.8 Å². The molecule has 1 unspecified atom stereocenters. The van der Waals surface area contributed by atoms with E-state index < -0.39 is 18.0 Å². The molecule has 0 aromatic heterocycles. The number of hydrogen-bond acceptors (Lipinski definition) is 4. The van der Waals surface area contributed by atoms with Crippen molar-refractivity contribution in [2.24, 2.45) is 0 Å². The number of benzene rings is 2. The van der Waals surface area contributed by atoms with Crippen molar-refractivity contribution in [3.05, 3.63) is 52.3 Å². The van der Waals surface area contributed by atoms with Gasteiger partial charge in [0.15, 0.2) is 11.5 Å². The highest BCUT2D eigenvalue weighted by molar-refractivity contribution is 9.10. The van der Waals surface area contributed by atoms with Crippen LogP contribution in [0.1, 0.15) is 11.7 Å². The highest BCUT2D eigenvalue weighted by Gasteiger charge is 2.16. The van der Waals surface area contributed by atoms with E-state index in [1.165, 1.54) is 18.2 Å². The Labute approximate surface area is 152 Å². The molecule has 1 aliphatic heterocycles. The van der Waals surface area contributed by atoms with Gasteiger partial charge in [-0.2, -0.15) is 0 Å². The molecule has 132 valence electrons. The highest BCUT2D eigenvalue weighted by Crippen LogP contribution is 2.38. The van der Waals surface area contributed by atoms with Gasteiger partial charge in [-0.25, -0.2) is 9.18 Å². The number of hydrogen-bond donors (Lipinski definition) is 3. The van der Waals surface area contributed by atoms with E-state index in [9.17, 15) is 14.3 Å². The van der Waals surface area contributed by atoms with Crippen LogP contribution in [0.25, 0.3) is 0 Å². The Balaban J connectivity index is 1.59.